The molecule has 0 heterocycles. The summed E-state index contributed by atoms with van der Waals surface area (Å²) in [6.07, 6.45) is -1.08. The molecule has 8 heteroatoms. The highest BCUT2D eigenvalue weighted by molar-refractivity contribution is 6.00. The number of rotatable bonds is 5. The summed E-state index contributed by atoms with van der Waals surface area (Å²) in [5.74, 6) is -1.32. The van der Waals surface area contributed by atoms with Crippen molar-refractivity contribution < 1.29 is 19.2 Å². The van der Waals surface area contributed by atoms with E-state index in [1.807, 2.05) is 32.9 Å². The summed E-state index contributed by atoms with van der Waals surface area (Å²) in [4.78, 5) is 34.7. The number of hydrogen-bond acceptors (Lipinski definition) is 6. The lowest BCUT2D eigenvalue weighted by molar-refractivity contribution is -0.384. The van der Waals surface area contributed by atoms with Gasteiger partial charge < -0.3 is 15.8 Å². The third-order valence-corrected chi connectivity index (χ3v) is 4.04. The van der Waals surface area contributed by atoms with E-state index in [1.54, 1.807) is 0 Å². The number of amides is 1. The van der Waals surface area contributed by atoms with Crippen LogP contribution >= 0.6 is 0 Å². The molecule has 2 aromatic rings. The molecule has 0 aliphatic rings. The van der Waals surface area contributed by atoms with Gasteiger partial charge in [0, 0.05) is 17.8 Å². The van der Waals surface area contributed by atoms with Crippen molar-refractivity contribution >= 4 is 28.9 Å². The van der Waals surface area contributed by atoms with Crippen molar-refractivity contribution in [1.29, 1.82) is 0 Å². The lowest BCUT2D eigenvalue weighted by Crippen LogP contribution is -2.30. The summed E-state index contributed by atoms with van der Waals surface area (Å²) in [6, 6.07) is 7.31. The van der Waals surface area contributed by atoms with Crippen molar-refractivity contribution in [3.63, 3.8) is 0 Å². The summed E-state index contributed by atoms with van der Waals surface area (Å²) in [6.45, 7) is 7.16. The monoisotopic (exact) mass is 371 g/mol. The molecule has 1 unspecified atom stereocenters. The predicted octanol–water partition coefficient (Wildman–Crippen LogP) is 3.29. The first kappa shape index (κ1) is 19.9. The van der Waals surface area contributed by atoms with Crippen LogP contribution in [0.5, 0.6) is 0 Å². The van der Waals surface area contributed by atoms with Gasteiger partial charge in [-0.25, -0.2) is 4.79 Å². The molecule has 0 fully saturated rings. The van der Waals surface area contributed by atoms with Gasteiger partial charge in [0.25, 0.3) is 11.6 Å². The van der Waals surface area contributed by atoms with Gasteiger partial charge in [0.1, 0.15) is 0 Å². The number of nitro benzene ring substituents is 1. The van der Waals surface area contributed by atoms with E-state index in [1.165, 1.54) is 13.0 Å². The van der Waals surface area contributed by atoms with Crippen LogP contribution in [-0.4, -0.2) is 22.9 Å². The first-order valence-corrected chi connectivity index (χ1v) is 8.23. The minimum absolute atomic E-state index is 0.0389. The maximum Gasteiger partial charge on any atom is 0.341 e. The van der Waals surface area contributed by atoms with E-state index < -0.39 is 22.9 Å². The van der Waals surface area contributed by atoms with E-state index in [2.05, 4.69) is 5.32 Å². The Morgan fingerprint density at radius 1 is 1.15 bits per heavy atom. The molecule has 0 aliphatic heterocycles. The minimum atomic E-state index is -1.08. The summed E-state index contributed by atoms with van der Waals surface area (Å²) in [5, 5.41) is 13.5. The number of carbonyl (C=O) groups excluding carboxylic acids is 2. The van der Waals surface area contributed by atoms with Crippen molar-refractivity contribution in [2.45, 2.75) is 33.8 Å². The molecule has 1 atom stereocenters. The quantitative estimate of drug-likeness (QED) is 0.360. The van der Waals surface area contributed by atoms with E-state index in [-0.39, 0.29) is 16.9 Å². The molecule has 2 rings (SSSR count). The van der Waals surface area contributed by atoms with Crippen LogP contribution in [0.2, 0.25) is 0 Å². The summed E-state index contributed by atoms with van der Waals surface area (Å²) < 4.78 is 5.15. The molecule has 8 nitrogen and oxygen atoms in total. The Morgan fingerprint density at radius 3 is 2.26 bits per heavy atom. The molecule has 0 aromatic heterocycles. The van der Waals surface area contributed by atoms with Gasteiger partial charge >= 0.3 is 5.97 Å². The van der Waals surface area contributed by atoms with Gasteiger partial charge in [0.05, 0.1) is 16.2 Å². The Balaban J connectivity index is 2.10. The largest absolute Gasteiger partial charge is 0.449 e. The van der Waals surface area contributed by atoms with E-state index in [4.69, 9.17) is 10.5 Å². The number of nitro groups is 1. The van der Waals surface area contributed by atoms with Crippen LogP contribution in [-0.2, 0) is 9.53 Å². The number of esters is 1. The number of nitrogens with zero attached hydrogens (tertiary/aromatic N) is 1. The number of ether oxygens (including phenoxy) is 1. The number of benzene rings is 2. The zero-order valence-corrected chi connectivity index (χ0v) is 15.5. The van der Waals surface area contributed by atoms with Gasteiger partial charge in [-0.05, 0) is 44.9 Å². The first-order chi connectivity index (χ1) is 12.6. The summed E-state index contributed by atoms with van der Waals surface area (Å²) in [7, 11) is 0. The maximum absolute atomic E-state index is 12.4. The van der Waals surface area contributed by atoms with Crippen LogP contribution in [0, 0.1) is 30.9 Å². The topological polar surface area (TPSA) is 125 Å². The fraction of sp³-hybridized carbons (Fsp3) is 0.263. The van der Waals surface area contributed by atoms with Crippen LogP contribution in [0.25, 0.3) is 0 Å². The van der Waals surface area contributed by atoms with Crippen LogP contribution in [0.4, 0.5) is 17.1 Å². The fourth-order valence-electron chi connectivity index (χ4n) is 2.73. The van der Waals surface area contributed by atoms with Crippen molar-refractivity contribution in [3.8, 4) is 0 Å². The van der Waals surface area contributed by atoms with Crippen molar-refractivity contribution in [2.75, 3.05) is 11.1 Å². The highest BCUT2D eigenvalue weighted by atomic mass is 16.6. The molecule has 142 valence electrons. The summed E-state index contributed by atoms with van der Waals surface area (Å²) in [5.41, 5.74) is 8.87. The second-order valence-electron chi connectivity index (χ2n) is 6.34. The highest BCUT2D eigenvalue weighted by Gasteiger charge is 2.22. The van der Waals surface area contributed by atoms with Gasteiger partial charge in [0.2, 0.25) is 0 Å². The first-order valence-electron chi connectivity index (χ1n) is 8.23. The molecule has 2 aromatic carbocycles. The van der Waals surface area contributed by atoms with Gasteiger partial charge in [-0.1, -0.05) is 17.7 Å². The zero-order chi connectivity index (χ0) is 20.3. The van der Waals surface area contributed by atoms with E-state index in [0.29, 0.717) is 5.69 Å². The van der Waals surface area contributed by atoms with E-state index in [9.17, 15) is 19.7 Å². The molecule has 3 N–H and O–H groups in total. The number of nitrogens with two attached hydrogens (primary N) is 1. The molecule has 0 spiro atoms. The summed E-state index contributed by atoms with van der Waals surface area (Å²) >= 11 is 0. The molecule has 0 bridgehead atoms. The van der Waals surface area contributed by atoms with Crippen molar-refractivity contribution in [2.24, 2.45) is 0 Å². The van der Waals surface area contributed by atoms with E-state index >= 15 is 0 Å². The number of nitrogen functional groups attached to an aromatic ring is 1. The highest BCUT2D eigenvalue weighted by Crippen LogP contribution is 2.23. The van der Waals surface area contributed by atoms with Crippen molar-refractivity contribution in [1.82, 2.24) is 0 Å². The zero-order valence-electron chi connectivity index (χ0n) is 15.5. The lowest BCUT2D eigenvalue weighted by atomic mass is 10.0. The maximum atomic E-state index is 12.4. The third kappa shape index (κ3) is 4.60. The molecule has 0 saturated carbocycles. The SMILES string of the molecule is Cc1cc(C)c(NC(=O)C(C)OC(=O)c2ccc([N+](=O)[O-])cc2N)c(C)c1. The third-order valence-electron chi connectivity index (χ3n) is 4.04. The number of aryl methyl sites for hydroxylation is 3. The Labute approximate surface area is 156 Å². The molecular weight excluding hydrogens is 350 g/mol. The Hall–Kier alpha value is -3.42. The van der Waals surface area contributed by atoms with Crippen molar-refractivity contribution in [3.05, 3.63) is 62.7 Å². The number of hydrogen-bond donors (Lipinski definition) is 2. The van der Waals surface area contributed by atoms with Crippen LogP contribution in [0.3, 0.4) is 0 Å². The molecule has 1 amide bonds. The Bertz CT molecular complexity index is 901. The van der Waals surface area contributed by atoms with Crippen LogP contribution in [0.15, 0.2) is 30.3 Å². The Kier molecular flexibility index (Phi) is 5.79. The number of carbonyl (C=O) groups is 2. The van der Waals surface area contributed by atoms with Gasteiger partial charge in [-0.15, -0.1) is 0 Å². The average Bonchev–Trinajstić information content (AvgIpc) is 2.57. The Morgan fingerprint density at radius 2 is 1.74 bits per heavy atom. The van der Waals surface area contributed by atoms with Gasteiger partial charge in [0.15, 0.2) is 6.10 Å². The number of anilines is 2. The molecule has 0 radical (unpaired) electrons. The fourth-order valence-corrected chi connectivity index (χ4v) is 2.73. The second-order valence-corrected chi connectivity index (χ2v) is 6.34. The normalized spacial score (nSPS) is 11.6. The minimum Gasteiger partial charge on any atom is -0.449 e. The van der Waals surface area contributed by atoms with Crippen LogP contribution in [0.1, 0.15) is 34.0 Å². The molecular formula is C19H21N3O5. The molecule has 0 aliphatic carbocycles. The molecule has 0 saturated heterocycles. The average molecular weight is 371 g/mol. The van der Waals surface area contributed by atoms with Gasteiger partial charge in [-0.2, -0.15) is 0 Å². The van der Waals surface area contributed by atoms with Crippen LogP contribution < -0.4 is 11.1 Å². The van der Waals surface area contributed by atoms with Gasteiger partial charge in [-0.3, -0.25) is 14.9 Å². The molecule has 27 heavy (non-hydrogen) atoms. The predicted molar refractivity (Wildman–Crippen MR) is 102 cm³/mol. The number of non-ortho nitro benzene ring substituents is 1. The standard InChI is InChI=1S/C19H21N3O5/c1-10-7-11(2)17(12(3)8-10)21-18(23)13(4)27-19(24)15-6-5-14(22(25)26)9-16(15)20/h5-9,13H,20H2,1-4H3,(H,21,23). The van der Waals surface area contributed by atoms with E-state index in [0.717, 1.165) is 28.8 Å². The second kappa shape index (κ2) is 7.86. The lowest BCUT2D eigenvalue weighted by Gasteiger charge is -2.17. The smallest absolute Gasteiger partial charge is 0.341 e. The number of nitrogens with one attached hydrogen (secondary N) is 1.